The van der Waals surface area contributed by atoms with Gasteiger partial charge in [0, 0.05) is 49.1 Å². The number of carbonyl (C=O) groups is 2. The second-order valence-electron chi connectivity index (χ2n) is 11.8. The number of nitrogens with zero attached hydrogens (tertiary/aromatic N) is 4. The monoisotopic (exact) mass is 597 g/mol. The number of anilines is 1. The van der Waals surface area contributed by atoms with Gasteiger partial charge in [-0.05, 0) is 76.1 Å². The molecule has 0 bridgehead atoms. The van der Waals surface area contributed by atoms with Crippen LogP contribution in [-0.2, 0) is 19.4 Å². The minimum atomic E-state index is -3.02. The first-order valence-corrected chi connectivity index (χ1v) is 16.6. The second kappa shape index (κ2) is 12.3. The molecular weight excluding hydrogens is 558 g/mol. The summed E-state index contributed by atoms with van der Waals surface area (Å²) in [7, 11) is -3.02. The average molecular weight is 598 g/mol. The number of carboxylic acids is 1. The number of amides is 1. The fourth-order valence-electron chi connectivity index (χ4n) is 5.88. The number of carboxylic acid groups (broad SMARTS) is 1. The van der Waals surface area contributed by atoms with Crippen LogP contribution in [-0.4, -0.2) is 82.6 Å². The largest absolute Gasteiger partial charge is 0.493 e. The topological polar surface area (TPSA) is 144 Å². The SMILES string of the molecule is CC1(C(=O)O)CCN(C(=O)[C@H]2CC[C@H](Nc3nccc(-n4ccc5c(OCCCS(C)(=O)=O)cccc54)n3)CC2)CC1. The summed E-state index contributed by atoms with van der Waals surface area (Å²) in [5, 5.41) is 13.8. The summed E-state index contributed by atoms with van der Waals surface area (Å²) in [4.78, 5) is 35.7. The van der Waals surface area contributed by atoms with Crippen LogP contribution in [0.3, 0.4) is 0 Å². The standard InChI is InChI=1S/C30H39N5O6S/c1-30(28(37)38)13-17-34(18-14-30)27(36)21-7-9-22(10-8-21)32-29-31-15-11-26(33-29)35-16-12-23-24(35)5-3-6-25(23)41-19-4-20-42(2,39)40/h3,5-6,11-12,15-16,21-22H,4,7-10,13-14,17-20H2,1-2H3,(H,37,38)(H,31,32,33)/t21-,22-. The van der Waals surface area contributed by atoms with Crippen LogP contribution >= 0.6 is 0 Å². The van der Waals surface area contributed by atoms with Gasteiger partial charge >= 0.3 is 5.97 Å². The maximum absolute atomic E-state index is 13.1. The number of piperidine rings is 1. The van der Waals surface area contributed by atoms with Gasteiger partial charge in [-0.1, -0.05) is 6.07 Å². The molecule has 3 aromatic rings. The summed E-state index contributed by atoms with van der Waals surface area (Å²) < 4.78 is 30.7. The van der Waals surface area contributed by atoms with E-state index in [2.05, 4.69) is 10.3 Å². The number of aliphatic carboxylic acids is 1. The lowest BCUT2D eigenvalue weighted by atomic mass is 9.79. The van der Waals surface area contributed by atoms with Gasteiger partial charge < -0.3 is 24.6 Å². The predicted molar refractivity (Wildman–Crippen MR) is 160 cm³/mol. The van der Waals surface area contributed by atoms with Crippen LogP contribution in [0.1, 0.15) is 51.9 Å². The van der Waals surface area contributed by atoms with Gasteiger partial charge in [-0.2, -0.15) is 4.98 Å². The molecule has 1 aliphatic carbocycles. The first-order valence-electron chi connectivity index (χ1n) is 14.6. The molecule has 1 saturated heterocycles. The van der Waals surface area contributed by atoms with E-state index in [0.717, 1.165) is 36.6 Å². The van der Waals surface area contributed by atoms with Crippen LogP contribution in [0.5, 0.6) is 5.75 Å². The number of hydrogen-bond donors (Lipinski definition) is 2. The average Bonchev–Trinajstić information content (AvgIpc) is 3.40. The molecular formula is C30H39N5O6S. The normalized spacial score (nSPS) is 20.8. The molecule has 1 aromatic carbocycles. The first-order chi connectivity index (χ1) is 20.0. The molecule has 5 rings (SSSR count). The zero-order valence-electron chi connectivity index (χ0n) is 24.2. The molecule has 3 heterocycles. The molecule has 11 nitrogen and oxygen atoms in total. The van der Waals surface area contributed by atoms with Crippen molar-refractivity contribution < 1.29 is 27.9 Å². The highest BCUT2D eigenvalue weighted by atomic mass is 32.2. The Hall–Kier alpha value is -3.67. The quantitative estimate of drug-likeness (QED) is 0.332. The Morgan fingerprint density at radius 1 is 1.12 bits per heavy atom. The van der Waals surface area contributed by atoms with Gasteiger partial charge in [0.2, 0.25) is 11.9 Å². The van der Waals surface area contributed by atoms with Gasteiger partial charge in [0.25, 0.3) is 0 Å². The minimum absolute atomic E-state index is 0.0292. The van der Waals surface area contributed by atoms with Gasteiger partial charge in [-0.25, -0.2) is 13.4 Å². The van der Waals surface area contributed by atoms with Gasteiger partial charge in [0.1, 0.15) is 21.4 Å². The molecule has 0 radical (unpaired) electrons. The van der Waals surface area contributed by atoms with E-state index in [1.165, 1.54) is 6.26 Å². The maximum atomic E-state index is 13.1. The molecule has 0 atom stereocenters. The van der Waals surface area contributed by atoms with Gasteiger partial charge in [0.05, 0.1) is 23.3 Å². The summed E-state index contributed by atoms with van der Waals surface area (Å²) in [6, 6.07) is 9.72. The lowest BCUT2D eigenvalue weighted by Gasteiger charge is -2.39. The van der Waals surface area contributed by atoms with Gasteiger partial charge in [-0.15, -0.1) is 0 Å². The molecule has 0 unspecified atom stereocenters. The van der Waals surface area contributed by atoms with E-state index in [-0.39, 0.29) is 23.6 Å². The third-order valence-corrected chi connectivity index (χ3v) is 9.63. The molecule has 1 saturated carbocycles. The number of fused-ring (bicyclic) bond motifs is 1. The Balaban J connectivity index is 1.17. The van der Waals surface area contributed by atoms with E-state index >= 15 is 0 Å². The van der Waals surface area contributed by atoms with Crippen molar-refractivity contribution in [1.29, 1.82) is 0 Å². The van der Waals surface area contributed by atoms with Crippen LogP contribution in [0.2, 0.25) is 0 Å². The van der Waals surface area contributed by atoms with E-state index in [4.69, 9.17) is 9.72 Å². The summed E-state index contributed by atoms with van der Waals surface area (Å²) in [6.45, 7) is 3.09. The molecule has 226 valence electrons. The molecule has 2 aromatic heterocycles. The molecule has 2 aliphatic rings. The number of hydrogen-bond acceptors (Lipinski definition) is 8. The van der Waals surface area contributed by atoms with Crippen LogP contribution in [0, 0.1) is 11.3 Å². The highest BCUT2D eigenvalue weighted by molar-refractivity contribution is 7.90. The fourth-order valence-corrected chi connectivity index (χ4v) is 6.52. The lowest BCUT2D eigenvalue weighted by Crippen LogP contribution is -2.47. The first kappa shape index (κ1) is 29.8. The highest BCUT2D eigenvalue weighted by Gasteiger charge is 2.39. The number of aromatic nitrogens is 3. The van der Waals surface area contributed by atoms with E-state index in [9.17, 15) is 23.1 Å². The Morgan fingerprint density at radius 3 is 2.55 bits per heavy atom. The molecule has 1 aliphatic heterocycles. The Bertz CT molecular complexity index is 1540. The van der Waals surface area contributed by atoms with Gasteiger partial charge in [-0.3, -0.25) is 9.59 Å². The van der Waals surface area contributed by atoms with E-state index < -0.39 is 21.2 Å². The van der Waals surface area contributed by atoms with Crippen molar-refractivity contribution in [3.05, 3.63) is 42.7 Å². The van der Waals surface area contributed by atoms with Crippen LogP contribution < -0.4 is 10.1 Å². The smallest absolute Gasteiger partial charge is 0.309 e. The van der Waals surface area contributed by atoms with Crippen molar-refractivity contribution in [2.24, 2.45) is 11.3 Å². The number of sulfone groups is 1. The van der Waals surface area contributed by atoms with Crippen LogP contribution in [0.25, 0.3) is 16.7 Å². The minimum Gasteiger partial charge on any atom is -0.493 e. The highest BCUT2D eigenvalue weighted by Crippen LogP contribution is 2.34. The zero-order chi connectivity index (χ0) is 29.9. The van der Waals surface area contributed by atoms with Crippen molar-refractivity contribution in [3.63, 3.8) is 0 Å². The number of rotatable bonds is 10. The third kappa shape index (κ3) is 6.86. The van der Waals surface area contributed by atoms with Crippen LogP contribution in [0.15, 0.2) is 42.7 Å². The number of carbonyl (C=O) groups excluding carboxylic acids is 1. The van der Waals surface area contributed by atoms with Gasteiger partial charge in [0.15, 0.2) is 0 Å². The fraction of sp³-hybridized carbons (Fsp3) is 0.533. The van der Waals surface area contributed by atoms with Crippen molar-refractivity contribution >= 4 is 38.6 Å². The van der Waals surface area contributed by atoms with Crippen molar-refractivity contribution in [1.82, 2.24) is 19.4 Å². The molecule has 12 heteroatoms. The number of ether oxygens (including phenoxy) is 1. The third-order valence-electron chi connectivity index (χ3n) is 8.60. The molecule has 1 amide bonds. The Labute approximate surface area is 246 Å². The predicted octanol–water partition coefficient (Wildman–Crippen LogP) is 3.92. The van der Waals surface area contributed by atoms with E-state index in [1.807, 2.05) is 46.0 Å². The number of nitrogens with one attached hydrogen (secondary N) is 1. The zero-order valence-corrected chi connectivity index (χ0v) is 25.0. The van der Waals surface area contributed by atoms with Crippen molar-refractivity contribution in [2.75, 3.05) is 37.0 Å². The van der Waals surface area contributed by atoms with Crippen LogP contribution in [0.4, 0.5) is 5.95 Å². The molecule has 42 heavy (non-hydrogen) atoms. The van der Waals surface area contributed by atoms with E-state index in [1.54, 1.807) is 13.1 Å². The van der Waals surface area contributed by atoms with E-state index in [0.29, 0.717) is 56.5 Å². The molecule has 2 N–H and O–H groups in total. The Morgan fingerprint density at radius 2 is 1.86 bits per heavy atom. The maximum Gasteiger partial charge on any atom is 0.309 e. The summed E-state index contributed by atoms with van der Waals surface area (Å²) in [6.07, 6.45) is 9.50. The molecule has 2 fully saturated rings. The van der Waals surface area contributed by atoms with Crippen molar-refractivity contribution in [2.45, 2.75) is 57.9 Å². The van der Waals surface area contributed by atoms with Crippen molar-refractivity contribution in [3.8, 4) is 11.6 Å². The lowest BCUT2D eigenvalue weighted by molar-refractivity contribution is -0.154. The number of benzene rings is 1. The molecule has 0 spiro atoms. The summed E-state index contributed by atoms with van der Waals surface area (Å²) in [5.41, 5.74) is 0.179. The Kier molecular flexibility index (Phi) is 8.72. The number of likely N-dealkylation sites (tertiary alicyclic amines) is 1. The summed E-state index contributed by atoms with van der Waals surface area (Å²) >= 11 is 0. The summed E-state index contributed by atoms with van der Waals surface area (Å²) in [5.74, 6) is 1.36. The second-order valence-corrected chi connectivity index (χ2v) is 14.1.